The molecular formula is C19H22ClNO3S2. The summed E-state index contributed by atoms with van der Waals surface area (Å²) in [5.74, 6) is -0.182. The highest BCUT2D eigenvalue weighted by Gasteiger charge is 2.23. The van der Waals surface area contributed by atoms with Gasteiger partial charge in [-0.05, 0) is 49.2 Å². The molecule has 0 bridgehead atoms. The fourth-order valence-electron chi connectivity index (χ4n) is 3.17. The fraction of sp³-hybridized carbons (Fsp3) is 0.421. The van der Waals surface area contributed by atoms with Gasteiger partial charge in [-0.15, -0.1) is 11.3 Å². The Labute approximate surface area is 163 Å². The van der Waals surface area contributed by atoms with E-state index < -0.39 is 9.84 Å². The number of nitrogens with one attached hydrogen (secondary N) is 1. The van der Waals surface area contributed by atoms with Gasteiger partial charge in [-0.3, -0.25) is 4.79 Å². The maximum absolute atomic E-state index is 12.7. The van der Waals surface area contributed by atoms with Crippen molar-refractivity contribution in [1.29, 1.82) is 0 Å². The SMILES string of the molecule is O=C(NC1CCCCCCC1)c1ccc(S(=O)(=O)c2ccc(Cl)cc2)s1. The summed E-state index contributed by atoms with van der Waals surface area (Å²) in [6, 6.07) is 9.32. The molecule has 140 valence electrons. The van der Waals surface area contributed by atoms with Gasteiger partial charge < -0.3 is 5.32 Å². The van der Waals surface area contributed by atoms with Crippen molar-refractivity contribution in [3.8, 4) is 0 Å². The number of carbonyl (C=O) groups is 1. The Hall–Kier alpha value is -1.37. The Balaban J connectivity index is 1.72. The van der Waals surface area contributed by atoms with Crippen LogP contribution in [0.1, 0.15) is 54.6 Å². The van der Waals surface area contributed by atoms with Crippen molar-refractivity contribution in [2.45, 2.75) is 60.1 Å². The van der Waals surface area contributed by atoms with Crippen molar-refractivity contribution in [1.82, 2.24) is 5.32 Å². The van der Waals surface area contributed by atoms with Gasteiger partial charge in [0.1, 0.15) is 4.21 Å². The van der Waals surface area contributed by atoms with Gasteiger partial charge in [0.25, 0.3) is 5.91 Å². The van der Waals surface area contributed by atoms with Crippen LogP contribution in [0.2, 0.25) is 5.02 Å². The van der Waals surface area contributed by atoms with Crippen LogP contribution in [0.3, 0.4) is 0 Å². The zero-order chi connectivity index (χ0) is 18.6. The molecule has 1 fully saturated rings. The number of sulfone groups is 1. The van der Waals surface area contributed by atoms with E-state index in [1.54, 1.807) is 18.2 Å². The summed E-state index contributed by atoms with van der Waals surface area (Å²) in [6.45, 7) is 0. The first-order chi connectivity index (χ1) is 12.5. The summed E-state index contributed by atoms with van der Waals surface area (Å²) in [5.41, 5.74) is 0. The second-order valence-corrected chi connectivity index (χ2v) is 10.3. The van der Waals surface area contributed by atoms with Crippen LogP contribution >= 0.6 is 22.9 Å². The lowest BCUT2D eigenvalue weighted by Gasteiger charge is -2.20. The molecule has 7 heteroatoms. The maximum atomic E-state index is 12.7. The predicted molar refractivity (Wildman–Crippen MR) is 105 cm³/mol. The van der Waals surface area contributed by atoms with Gasteiger partial charge in [-0.1, -0.05) is 43.7 Å². The van der Waals surface area contributed by atoms with Crippen molar-refractivity contribution in [3.63, 3.8) is 0 Å². The lowest BCUT2D eigenvalue weighted by Crippen LogP contribution is -2.34. The van der Waals surface area contributed by atoms with Crippen LogP contribution < -0.4 is 5.32 Å². The Bertz CT molecular complexity index is 851. The van der Waals surface area contributed by atoms with Crippen molar-refractivity contribution in [2.24, 2.45) is 0 Å². The zero-order valence-electron chi connectivity index (χ0n) is 14.4. The Morgan fingerprint density at radius 3 is 2.23 bits per heavy atom. The first-order valence-electron chi connectivity index (χ1n) is 8.88. The van der Waals surface area contributed by atoms with E-state index in [0.717, 1.165) is 37.0 Å². The molecule has 1 aromatic heterocycles. The standard InChI is InChI=1S/C19H22ClNO3S2/c20-14-8-10-16(11-9-14)26(23,24)18-13-12-17(25-18)19(22)21-15-6-4-2-1-3-5-7-15/h8-13,15H,1-7H2,(H,21,22). The van der Waals surface area contributed by atoms with Crippen molar-refractivity contribution in [2.75, 3.05) is 0 Å². The zero-order valence-corrected chi connectivity index (χ0v) is 16.8. The van der Waals surface area contributed by atoms with Gasteiger partial charge in [0.2, 0.25) is 9.84 Å². The predicted octanol–water partition coefficient (Wildman–Crippen LogP) is 5.08. The summed E-state index contributed by atoms with van der Waals surface area (Å²) < 4.78 is 25.5. The minimum Gasteiger partial charge on any atom is -0.349 e. The molecule has 4 nitrogen and oxygen atoms in total. The molecule has 26 heavy (non-hydrogen) atoms. The molecule has 0 aliphatic heterocycles. The van der Waals surface area contributed by atoms with Crippen molar-refractivity contribution >= 4 is 38.7 Å². The highest BCUT2D eigenvalue weighted by Crippen LogP contribution is 2.29. The van der Waals surface area contributed by atoms with Gasteiger partial charge >= 0.3 is 0 Å². The summed E-state index contributed by atoms with van der Waals surface area (Å²) in [5, 5.41) is 3.56. The molecule has 0 spiro atoms. The lowest BCUT2D eigenvalue weighted by atomic mass is 9.97. The summed E-state index contributed by atoms with van der Waals surface area (Å²) in [7, 11) is -3.63. The molecule has 0 radical (unpaired) electrons. The van der Waals surface area contributed by atoms with E-state index in [4.69, 9.17) is 11.6 Å². The van der Waals surface area contributed by atoms with E-state index >= 15 is 0 Å². The first kappa shape index (κ1) is 19.4. The average Bonchev–Trinajstić information content (AvgIpc) is 3.08. The monoisotopic (exact) mass is 411 g/mol. The highest BCUT2D eigenvalue weighted by atomic mass is 35.5. The van der Waals surface area contributed by atoms with Gasteiger partial charge in [-0.25, -0.2) is 8.42 Å². The highest BCUT2D eigenvalue weighted by molar-refractivity contribution is 7.93. The first-order valence-corrected chi connectivity index (χ1v) is 11.6. The third-order valence-corrected chi connectivity index (χ3v) is 8.23. The fourth-order valence-corrected chi connectivity index (χ4v) is 5.91. The van der Waals surface area contributed by atoms with Crippen LogP contribution in [0.25, 0.3) is 0 Å². The van der Waals surface area contributed by atoms with Crippen molar-refractivity contribution in [3.05, 3.63) is 46.3 Å². The van der Waals surface area contributed by atoms with E-state index in [2.05, 4.69) is 5.32 Å². The molecule has 1 N–H and O–H groups in total. The van der Waals surface area contributed by atoms with Gasteiger partial charge in [-0.2, -0.15) is 0 Å². The van der Waals surface area contributed by atoms with Crippen LogP contribution in [0.5, 0.6) is 0 Å². The molecule has 1 amide bonds. The molecule has 0 unspecified atom stereocenters. The second kappa shape index (κ2) is 8.55. The summed E-state index contributed by atoms with van der Waals surface area (Å²) in [6.07, 6.45) is 7.96. The van der Waals surface area contributed by atoms with Crippen LogP contribution in [0, 0.1) is 0 Å². The van der Waals surface area contributed by atoms with Gasteiger partial charge in [0.05, 0.1) is 9.77 Å². The molecular weight excluding hydrogens is 390 g/mol. The molecule has 3 rings (SSSR count). The topological polar surface area (TPSA) is 63.2 Å². The molecule has 2 aromatic rings. The molecule has 1 aliphatic carbocycles. The molecule has 0 saturated heterocycles. The van der Waals surface area contributed by atoms with E-state index in [-0.39, 0.29) is 21.1 Å². The van der Waals surface area contributed by atoms with Crippen LogP contribution in [-0.2, 0) is 9.84 Å². The second-order valence-electron chi connectivity index (χ2n) is 6.59. The Kier molecular flexibility index (Phi) is 6.37. The molecule has 0 atom stereocenters. The average molecular weight is 412 g/mol. The number of carbonyl (C=O) groups excluding carboxylic acids is 1. The normalized spacial score (nSPS) is 16.7. The Morgan fingerprint density at radius 2 is 1.58 bits per heavy atom. The van der Waals surface area contributed by atoms with Crippen molar-refractivity contribution < 1.29 is 13.2 Å². The van der Waals surface area contributed by atoms with E-state index in [0.29, 0.717) is 9.90 Å². The third-order valence-electron chi connectivity index (χ3n) is 4.63. The molecule has 1 aliphatic rings. The smallest absolute Gasteiger partial charge is 0.261 e. The molecule has 1 saturated carbocycles. The van der Waals surface area contributed by atoms with Crippen LogP contribution in [0.15, 0.2) is 45.5 Å². The molecule has 1 aromatic carbocycles. The van der Waals surface area contributed by atoms with E-state index in [1.165, 1.54) is 37.5 Å². The number of hydrogen-bond donors (Lipinski definition) is 1. The minimum absolute atomic E-state index is 0.169. The van der Waals surface area contributed by atoms with E-state index in [9.17, 15) is 13.2 Å². The van der Waals surface area contributed by atoms with Gasteiger partial charge in [0, 0.05) is 11.1 Å². The maximum Gasteiger partial charge on any atom is 0.261 e. The van der Waals surface area contributed by atoms with E-state index in [1.807, 2.05) is 0 Å². The number of hydrogen-bond acceptors (Lipinski definition) is 4. The summed E-state index contributed by atoms with van der Waals surface area (Å²) in [4.78, 5) is 13.1. The molecule has 1 heterocycles. The number of halogens is 1. The van der Waals surface area contributed by atoms with Crippen LogP contribution in [-0.4, -0.2) is 20.4 Å². The Morgan fingerprint density at radius 1 is 0.962 bits per heavy atom. The number of thiophene rings is 1. The van der Waals surface area contributed by atoms with Crippen LogP contribution in [0.4, 0.5) is 0 Å². The number of amides is 1. The largest absolute Gasteiger partial charge is 0.349 e. The third kappa shape index (κ3) is 4.67. The quantitative estimate of drug-likeness (QED) is 0.763. The number of rotatable bonds is 4. The minimum atomic E-state index is -3.63. The number of benzene rings is 1. The lowest BCUT2D eigenvalue weighted by molar-refractivity contribution is 0.0934. The summed E-state index contributed by atoms with van der Waals surface area (Å²) >= 11 is 6.83. The van der Waals surface area contributed by atoms with Gasteiger partial charge in [0.15, 0.2) is 0 Å².